The van der Waals surface area contributed by atoms with E-state index in [2.05, 4.69) is 24.9 Å². The maximum Gasteiger partial charge on any atom is 0.472 e. The summed E-state index contributed by atoms with van der Waals surface area (Å²) in [5, 5.41) is 20.0. The average Bonchev–Trinajstić information content (AvgIpc) is 3.68. The fourth-order valence-electron chi connectivity index (χ4n) is 4.98. The first-order valence-corrected chi connectivity index (χ1v) is 13.9. The molecule has 0 radical (unpaired) electrons. The van der Waals surface area contributed by atoms with Crippen molar-refractivity contribution < 1.29 is 47.0 Å². The van der Waals surface area contributed by atoms with Gasteiger partial charge in [-0.2, -0.15) is 4.98 Å². The summed E-state index contributed by atoms with van der Waals surface area (Å²) in [6.07, 6.45) is -7.13. The Labute approximate surface area is 232 Å². The number of nitrogens with one attached hydrogen (secondary N) is 1. The molecule has 42 heavy (non-hydrogen) atoms. The standard InChI is InChI=1S/C21H24F2N9O9P/c22-7-2-31(17-12(7)16(24)26-5-27-17)11-1-8(34)10(39-11)4-38-42(36,37)41-15-13(23)9(3-33)40-20(15)32-6-28-14-18(32)29-21(25)30-19(14)35/h2,5-6,8-11,13,15,20,33-34H,1,3-4H2,(H,36,37)(H2,24,26,27)(H3,25,29,30,35)/t8-,9+,10+,11+,13+,15+,20+/m0/s1. The molecule has 226 valence electrons. The minimum atomic E-state index is -5.09. The van der Waals surface area contributed by atoms with Crippen LogP contribution < -0.4 is 17.0 Å². The highest BCUT2D eigenvalue weighted by molar-refractivity contribution is 7.47. The number of nitrogens with zero attached hydrogens (tertiary/aromatic N) is 6. The molecule has 4 aromatic rings. The Hall–Kier alpha value is -3.62. The number of aromatic nitrogens is 7. The van der Waals surface area contributed by atoms with Crippen molar-refractivity contribution in [3.05, 3.63) is 35.0 Å². The Morgan fingerprint density at radius 1 is 1.19 bits per heavy atom. The molecule has 21 heteroatoms. The highest BCUT2D eigenvalue weighted by Gasteiger charge is 2.51. The number of fused-ring (bicyclic) bond motifs is 2. The molecule has 0 amide bonds. The number of hydrogen-bond donors (Lipinski definition) is 6. The number of nitrogens with two attached hydrogens (primary N) is 2. The lowest BCUT2D eigenvalue weighted by atomic mass is 10.1. The maximum absolute atomic E-state index is 15.2. The molecule has 0 spiro atoms. The van der Waals surface area contributed by atoms with E-state index in [-0.39, 0.29) is 40.4 Å². The first-order valence-electron chi connectivity index (χ1n) is 12.4. The van der Waals surface area contributed by atoms with Crippen molar-refractivity contribution in [2.45, 2.75) is 49.5 Å². The Bertz CT molecular complexity index is 1750. The molecule has 0 saturated carbocycles. The highest BCUT2D eigenvalue weighted by atomic mass is 31.2. The fraction of sp³-hybridized carbons (Fsp3) is 0.476. The van der Waals surface area contributed by atoms with Gasteiger partial charge in [0.1, 0.15) is 36.7 Å². The van der Waals surface area contributed by atoms with Crippen molar-refractivity contribution in [3.63, 3.8) is 0 Å². The number of hydrogen-bond acceptors (Lipinski definition) is 14. The van der Waals surface area contributed by atoms with Crippen LogP contribution in [0.3, 0.4) is 0 Å². The van der Waals surface area contributed by atoms with Crippen LogP contribution in [0.2, 0.25) is 0 Å². The molecule has 2 saturated heterocycles. The minimum Gasteiger partial charge on any atom is -0.394 e. The fourth-order valence-corrected chi connectivity index (χ4v) is 5.90. The second-order valence-corrected chi connectivity index (χ2v) is 11.0. The number of aliphatic hydroxyl groups excluding tert-OH is 2. The molecule has 8 N–H and O–H groups in total. The second kappa shape index (κ2) is 10.6. The Morgan fingerprint density at radius 2 is 1.98 bits per heavy atom. The number of H-pyrrole nitrogens is 1. The molecule has 1 unspecified atom stereocenters. The molecule has 0 bridgehead atoms. The normalized spacial score (nSPS) is 29.5. The van der Waals surface area contributed by atoms with Crippen molar-refractivity contribution in [2.75, 3.05) is 24.7 Å². The Morgan fingerprint density at radius 3 is 2.74 bits per heavy atom. The lowest BCUT2D eigenvalue weighted by Gasteiger charge is -2.24. The van der Waals surface area contributed by atoms with Crippen LogP contribution in [0.4, 0.5) is 20.5 Å². The van der Waals surface area contributed by atoms with Gasteiger partial charge in [-0.1, -0.05) is 0 Å². The SMILES string of the molecule is Nc1nc2c(ncn2[C@@H]2O[C@H](CO)[C@@H](F)[C@H]2OP(=O)(O)OC[C@H]2O[C@@H](n3cc(F)c4c(N)ncnc43)C[C@@H]2O)c(=O)[nH]1. The number of phosphoric ester groups is 1. The van der Waals surface area contributed by atoms with Crippen molar-refractivity contribution in [1.82, 2.24) is 34.1 Å². The predicted octanol–water partition coefficient (Wildman–Crippen LogP) is -0.754. The van der Waals surface area contributed by atoms with Gasteiger partial charge >= 0.3 is 7.82 Å². The number of halogens is 2. The molecular formula is C21H24F2N9O9P. The van der Waals surface area contributed by atoms with Gasteiger partial charge in [-0.3, -0.25) is 23.4 Å². The van der Waals surface area contributed by atoms with Crippen LogP contribution >= 0.6 is 7.82 Å². The predicted molar refractivity (Wildman–Crippen MR) is 136 cm³/mol. The maximum atomic E-state index is 15.2. The van der Waals surface area contributed by atoms with Gasteiger partial charge in [0.05, 0.1) is 31.0 Å². The van der Waals surface area contributed by atoms with Crippen molar-refractivity contribution in [2.24, 2.45) is 0 Å². The summed E-state index contributed by atoms with van der Waals surface area (Å²) in [5.41, 5.74) is 10.4. The van der Waals surface area contributed by atoms with Crippen LogP contribution in [-0.4, -0.2) is 93.0 Å². The molecule has 0 aromatic carbocycles. The molecule has 8 atom stereocenters. The zero-order valence-corrected chi connectivity index (χ0v) is 22.1. The van der Waals surface area contributed by atoms with Crippen LogP contribution in [0.1, 0.15) is 18.9 Å². The molecule has 6 rings (SSSR count). The monoisotopic (exact) mass is 615 g/mol. The number of aromatic amines is 1. The van der Waals surface area contributed by atoms with E-state index in [9.17, 15) is 28.9 Å². The minimum absolute atomic E-state index is 0.0352. The number of rotatable bonds is 8. The number of aliphatic hydroxyl groups is 2. The van der Waals surface area contributed by atoms with Gasteiger partial charge in [0.25, 0.3) is 5.56 Å². The van der Waals surface area contributed by atoms with Gasteiger partial charge in [0.15, 0.2) is 35.0 Å². The van der Waals surface area contributed by atoms with Gasteiger partial charge in [-0.25, -0.2) is 28.3 Å². The molecule has 0 aliphatic carbocycles. The summed E-state index contributed by atoms with van der Waals surface area (Å²) in [6, 6.07) is 0. The number of imidazole rings is 1. The van der Waals surface area contributed by atoms with Gasteiger partial charge < -0.3 is 40.6 Å². The average molecular weight is 615 g/mol. The Balaban J connectivity index is 1.18. The lowest BCUT2D eigenvalue weighted by Crippen LogP contribution is -2.32. The van der Waals surface area contributed by atoms with E-state index >= 15 is 4.39 Å². The van der Waals surface area contributed by atoms with Crippen molar-refractivity contribution in [3.8, 4) is 0 Å². The molecule has 18 nitrogen and oxygen atoms in total. The van der Waals surface area contributed by atoms with Gasteiger partial charge in [0.2, 0.25) is 5.95 Å². The first kappa shape index (κ1) is 28.5. The summed E-state index contributed by atoms with van der Waals surface area (Å²) in [7, 11) is -5.09. The zero-order valence-electron chi connectivity index (χ0n) is 21.2. The van der Waals surface area contributed by atoms with E-state index in [4.69, 9.17) is 30.0 Å². The topological polar surface area (TPSA) is 261 Å². The number of alkyl halides is 1. The smallest absolute Gasteiger partial charge is 0.394 e. The molecule has 2 aliphatic rings. The largest absolute Gasteiger partial charge is 0.472 e. The third kappa shape index (κ3) is 4.90. The van der Waals surface area contributed by atoms with Crippen LogP contribution in [0.5, 0.6) is 0 Å². The molecule has 2 aliphatic heterocycles. The van der Waals surface area contributed by atoms with Gasteiger partial charge in [0, 0.05) is 12.6 Å². The van der Waals surface area contributed by atoms with Crippen LogP contribution in [0.15, 0.2) is 23.6 Å². The number of nitrogen functional groups attached to an aromatic ring is 2. The third-order valence-corrected chi connectivity index (χ3v) is 7.92. The van der Waals surface area contributed by atoms with Crippen LogP contribution in [-0.2, 0) is 23.1 Å². The van der Waals surface area contributed by atoms with Crippen LogP contribution in [0, 0.1) is 5.82 Å². The van der Waals surface area contributed by atoms with E-state index in [0.717, 1.165) is 23.4 Å². The lowest BCUT2D eigenvalue weighted by molar-refractivity contribution is -0.0592. The van der Waals surface area contributed by atoms with Crippen molar-refractivity contribution in [1.29, 1.82) is 0 Å². The molecule has 2 fully saturated rings. The second-order valence-electron chi connectivity index (χ2n) is 9.58. The van der Waals surface area contributed by atoms with E-state index in [1.54, 1.807) is 0 Å². The van der Waals surface area contributed by atoms with Crippen LogP contribution in [0.25, 0.3) is 22.2 Å². The van der Waals surface area contributed by atoms with Crippen molar-refractivity contribution >= 4 is 41.8 Å². The number of anilines is 2. The summed E-state index contributed by atoms with van der Waals surface area (Å²) in [6.45, 7) is -1.50. The Kier molecular flexibility index (Phi) is 7.18. The van der Waals surface area contributed by atoms with E-state index in [0.29, 0.717) is 0 Å². The summed E-state index contributed by atoms with van der Waals surface area (Å²) in [4.78, 5) is 40.5. The molecular weight excluding hydrogens is 591 g/mol. The van der Waals surface area contributed by atoms with E-state index < -0.39 is 75.5 Å². The quantitative estimate of drug-likeness (QED) is 0.133. The molecule has 6 heterocycles. The zero-order chi connectivity index (χ0) is 29.9. The number of ether oxygens (including phenoxy) is 2. The summed E-state index contributed by atoms with van der Waals surface area (Å²) < 4.78 is 66.3. The number of phosphoric acid groups is 1. The van der Waals surface area contributed by atoms with Gasteiger partial charge in [-0.05, 0) is 0 Å². The summed E-state index contributed by atoms with van der Waals surface area (Å²) in [5.74, 6) is -1.08. The highest BCUT2D eigenvalue weighted by Crippen LogP contribution is 2.50. The van der Waals surface area contributed by atoms with Gasteiger partial charge in [-0.15, -0.1) is 0 Å². The molecule has 4 aromatic heterocycles. The third-order valence-electron chi connectivity index (χ3n) is 6.93. The summed E-state index contributed by atoms with van der Waals surface area (Å²) >= 11 is 0. The van der Waals surface area contributed by atoms with E-state index in [1.807, 2.05) is 0 Å². The first-order chi connectivity index (χ1) is 20.0. The van der Waals surface area contributed by atoms with E-state index in [1.165, 1.54) is 4.57 Å².